The van der Waals surface area contributed by atoms with E-state index in [1.165, 1.54) is 12.1 Å². The van der Waals surface area contributed by atoms with Gasteiger partial charge in [0.15, 0.2) is 0 Å². The van der Waals surface area contributed by atoms with Gasteiger partial charge in [0.1, 0.15) is 0 Å². The van der Waals surface area contributed by atoms with Crippen LogP contribution in [0.25, 0.3) is 0 Å². The van der Waals surface area contributed by atoms with Crippen molar-refractivity contribution < 1.29 is 13.2 Å². The molecule has 1 aromatic rings. The van der Waals surface area contributed by atoms with Crippen molar-refractivity contribution in [3.8, 4) is 0 Å². The maximum Gasteiger partial charge on any atom is 0.264 e. The summed E-state index contributed by atoms with van der Waals surface area (Å²) in [5.41, 5.74) is 0. The number of hydrogen-bond acceptors (Lipinski definition) is 4. The fraction of sp³-hybridized carbons (Fsp3) is 0.462. The normalized spacial score (nSPS) is 23.8. The molecule has 0 saturated carbocycles. The zero-order chi connectivity index (χ0) is 13.9. The van der Waals surface area contributed by atoms with Gasteiger partial charge in [0.25, 0.3) is 15.9 Å². The van der Waals surface area contributed by atoms with Gasteiger partial charge in [-0.3, -0.25) is 4.79 Å². The van der Waals surface area contributed by atoms with Crippen LogP contribution in [-0.4, -0.2) is 26.9 Å². The van der Waals surface area contributed by atoms with Gasteiger partial charge < -0.3 is 5.32 Å². The smallest absolute Gasteiger partial charge is 0.264 e. The monoisotopic (exact) mass is 282 g/mol. The van der Waals surface area contributed by atoms with Gasteiger partial charge in [-0.05, 0) is 37.4 Å². The maximum absolute atomic E-state index is 12.0. The second-order valence-electron chi connectivity index (χ2n) is 4.83. The van der Waals surface area contributed by atoms with Crippen molar-refractivity contribution in [1.82, 2.24) is 10.0 Å². The van der Waals surface area contributed by atoms with Gasteiger partial charge in [-0.15, -0.1) is 0 Å². The fourth-order valence-corrected chi connectivity index (χ4v) is 3.28. The first-order valence-corrected chi connectivity index (χ1v) is 7.84. The second kappa shape index (κ2) is 5.71. The van der Waals surface area contributed by atoms with E-state index >= 15 is 0 Å². The topological polar surface area (TPSA) is 75.3 Å². The molecule has 1 saturated heterocycles. The molecular formula is C13H18N2O3S. The minimum atomic E-state index is -3.77. The molecule has 1 heterocycles. The average Bonchev–Trinajstić information content (AvgIpc) is 2.39. The lowest BCUT2D eigenvalue weighted by atomic mass is 9.92. The summed E-state index contributed by atoms with van der Waals surface area (Å²) in [4.78, 5) is 12.1. The van der Waals surface area contributed by atoms with Crippen molar-refractivity contribution in [2.45, 2.75) is 30.7 Å². The predicted molar refractivity (Wildman–Crippen MR) is 72.0 cm³/mol. The minimum Gasteiger partial charge on any atom is -0.306 e. The molecule has 0 spiro atoms. The zero-order valence-corrected chi connectivity index (χ0v) is 11.6. The molecule has 1 fully saturated rings. The number of carbonyl (C=O) groups excluding carboxylic acids is 1. The number of nitrogens with one attached hydrogen (secondary N) is 2. The van der Waals surface area contributed by atoms with Crippen molar-refractivity contribution in [2.75, 3.05) is 6.54 Å². The number of rotatable bonds is 3. The van der Waals surface area contributed by atoms with Gasteiger partial charge in [-0.2, -0.15) is 0 Å². The molecule has 2 atom stereocenters. The van der Waals surface area contributed by atoms with Crippen molar-refractivity contribution in [3.05, 3.63) is 30.3 Å². The van der Waals surface area contributed by atoms with E-state index in [0.29, 0.717) is 0 Å². The van der Waals surface area contributed by atoms with E-state index in [1.807, 2.05) is 6.92 Å². The molecule has 1 aromatic carbocycles. The number of amides is 1. The van der Waals surface area contributed by atoms with Gasteiger partial charge in [0, 0.05) is 0 Å². The Morgan fingerprint density at radius 1 is 1.32 bits per heavy atom. The Bertz CT molecular complexity index is 542. The van der Waals surface area contributed by atoms with Crippen LogP contribution in [0, 0.1) is 5.92 Å². The van der Waals surface area contributed by atoms with E-state index in [4.69, 9.17) is 0 Å². The number of benzene rings is 1. The van der Waals surface area contributed by atoms with Crippen LogP contribution in [0.5, 0.6) is 0 Å². The summed E-state index contributed by atoms with van der Waals surface area (Å²) in [6, 6.07) is 7.47. The molecule has 2 N–H and O–H groups in total. The van der Waals surface area contributed by atoms with E-state index in [-0.39, 0.29) is 10.8 Å². The standard InChI is InChI=1S/C13H18N2O3S/c1-10-6-5-9-14-12(10)13(16)15-19(17,18)11-7-3-2-4-8-11/h2-4,7-8,10,12,14H,5-6,9H2,1H3,(H,15,16). The highest BCUT2D eigenvalue weighted by atomic mass is 32.2. The Labute approximate surface area is 113 Å². The third kappa shape index (κ3) is 3.33. The lowest BCUT2D eigenvalue weighted by Crippen LogP contribution is -2.52. The summed E-state index contributed by atoms with van der Waals surface area (Å²) in [6.07, 6.45) is 1.94. The summed E-state index contributed by atoms with van der Waals surface area (Å²) < 4.78 is 26.2. The summed E-state index contributed by atoms with van der Waals surface area (Å²) in [5.74, 6) is -0.337. The van der Waals surface area contributed by atoms with E-state index in [0.717, 1.165) is 19.4 Å². The molecule has 1 aliphatic rings. The van der Waals surface area contributed by atoms with E-state index in [1.54, 1.807) is 18.2 Å². The molecule has 6 heteroatoms. The molecule has 0 aliphatic carbocycles. The first kappa shape index (κ1) is 14.0. The zero-order valence-electron chi connectivity index (χ0n) is 10.8. The predicted octanol–water partition coefficient (Wildman–Crippen LogP) is 0.880. The minimum absolute atomic E-state index is 0.104. The van der Waals surface area contributed by atoms with Crippen molar-refractivity contribution in [1.29, 1.82) is 0 Å². The van der Waals surface area contributed by atoms with Gasteiger partial charge in [-0.25, -0.2) is 13.1 Å². The largest absolute Gasteiger partial charge is 0.306 e. The van der Waals surface area contributed by atoms with Gasteiger partial charge in [0.05, 0.1) is 10.9 Å². The molecule has 104 valence electrons. The molecule has 0 aromatic heterocycles. The van der Waals surface area contributed by atoms with Crippen LogP contribution in [0.15, 0.2) is 35.2 Å². The first-order chi connectivity index (χ1) is 9.00. The molecule has 0 bridgehead atoms. The van der Waals surface area contributed by atoms with Gasteiger partial charge in [-0.1, -0.05) is 25.1 Å². The molecule has 0 radical (unpaired) electrons. The quantitative estimate of drug-likeness (QED) is 0.863. The maximum atomic E-state index is 12.0. The highest BCUT2D eigenvalue weighted by Crippen LogP contribution is 2.16. The van der Waals surface area contributed by atoms with Crippen molar-refractivity contribution in [2.24, 2.45) is 5.92 Å². The SMILES string of the molecule is CC1CCCNC1C(=O)NS(=O)(=O)c1ccccc1. The van der Waals surface area contributed by atoms with E-state index in [2.05, 4.69) is 10.0 Å². The Kier molecular flexibility index (Phi) is 4.21. The molecule has 1 aliphatic heterocycles. The third-order valence-electron chi connectivity index (χ3n) is 3.34. The summed E-state index contributed by atoms with van der Waals surface area (Å²) in [6.45, 7) is 2.69. The molecule has 1 amide bonds. The molecule has 2 rings (SSSR count). The molecule has 5 nitrogen and oxygen atoms in total. The van der Waals surface area contributed by atoms with Crippen LogP contribution >= 0.6 is 0 Å². The summed E-state index contributed by atoms with van der Waals surface area (Å²) in [5, 5.41) is 3.07. The molecule has 2 unspecified atom stereocenters. The van der Waals surface area contributed by atoms with Crippen LogP contribution in [-0.2, 0) is 14.8 Å². The second-order valence-corrected chi connectivity index (χ2v) is 6.52. The van der Waals surface area contributed by atoms with Crippen molar-refractivity contribution in [3.63, 3.8) is 0 Å². The summed E-state index contributed by atoms with van der Waals surface area (Å²) in [7, 11) is -3.77. The molecule has 19 heavy (non-hydrogen) atoms. The average molecular weight is 282 g/mol. The summed E-state index contributed by atoms with van der Waals surface area (Å²) >= 11 is 0. The van der Waals surface area contributed by atoms with Gasteiger partial charge >= 0.3 is 0 Å². The van der Waals surface area contributed by atoms with E-state index < -0.39 is 22.0 Å². The van der Waals surface area contributed by atoms with Crippen LogP contribution in [0.4, 0.5) is 0 Å². The third-order valence-corrected chi connectivity index (χ3v) is 4.70. The molecular weight excluding hydrogens is 264 g/mol. The van der Waals surface area contributed by atoms with Crippen LogP contribution < -0.4 is 10.0 Å². The fourth-order valence-electron chi connectivity index (χ4n) is 2.26. The van der Waals surface area contributed by atoms with Crippen LogP contribution in [0.1, 0.15) is 19.8 Å². The van der Waals surface area contributed by atoms with Crippen molar-refractivity contribution >= 4 is 15.9 Å². The Morgan fingerprint density at radius 2 is 2.00 bits per heavy atom. The van der Waals surface area contributed by atoms with Crippen LogP contribution in [0.3, 0.4) is 0 Å². The first-order valence-electron chi connectivity index (χ1n) is 6.36. The lowest BCUT2D eigenvalue weighted by molar-refractivity contribution is -0.123. The Morgan fingerprint density at radius 3 is 2.63 bits per heavy atom. The number of hydrogen-bond donors (Lipinski definition) is 2. The highest BCUT2D eigenvalue weighted by molar-refractivity contribution is 7.90. The number of piperidine rings is 1. The van der Waals surface area contributed by atoms with Gasteiger partial charge in [0.2, 0.25) is 0 Å². The number of sulfonamides is 1. The Balaban J connectivity index is 2.10. The lowest BCUT2D eigenvalue weighted by Gasteiger charge is -2.28. The number of carbonyl (C=O) groups is 1. The highest BCUT2D eigenvalue weighted by Gasteiger charge is 2.30. The van der Waals surface area contributed by atoms with Crippen LogP contribution in [0.2, 0.25) is 0 Å². The van der Waals surface area contributed by atoms with E-state index in [9.17, 15) is 13.2 Å². The Hall–Kier alpha value is -1.40.